The van der Waals surface area contributed by atoms with Crippen LogP contribution in [0.3, 0.4) is 0 Å². The van der Waals surface area contributed by atoms with E-state index in [-0.39, 0.29) is 11.4 Å². The number of hydrogen-bond acceptors (Lipinski definition) is 5. The highest BCUT2D eigenvalue weighted by Gasteiger charge is 2.39. The van der Waals surface area contributed by atoms with E-state index in [9.17, 15) is 13.2 Å². The van der Waals surface area contributed by atoms with Crippen LogP contribution in [0.2, 0.25) is 15.1 Å². The Morgan fingerprint density at radius 2 is 1.81 bits per heavy atom. The number of amides is 1. The highest BCUT2D eigenvalue weighted by molar-refractivity contribution is 7.89. The molecule has 1 N–H and O–H groups in total. The van der Waals surface area contributed by atoms with E-state index < -0.39 is 22.0 Å². The number of rotatable bonds is 5. The Bertz CT molecular complexity index is 1230. The molecule has 6 nitrogen and oxygen atoms in total. The van der Waals surface area contributed by atoms with Crippen molar-refractivity contribution < 1.29 is 13.2 Å². The topological polar surface area (TPSA) is 79.4 Å². The molecule has 0 spiro atoms. The van der Waals surface area contributed by atoms with E-state index in [4.69, 9.17) is 34.8 Å². The summed E-state index contributed by atoms with van der Waals surface area (Å²) in [6.07, 6.45) is 1.02. The average molecular weight is 517 g/mol. The standard InChI is InChI=1S/C20H16Cl3N3O3S2/c21-12-3-6-14(7-4-12)31(28,29)26-9-1-2-18(26)19(27)25-20-24-17(11-30-20)15-8-5-13(22)10-16(15)23/h3-8,10-11,18H,1-2,9H2,(H,24,25,27). The summed E-state index contributed by atoms with van der Waals surface area (Å²) in [5.41, 5.74) is 1.29. The van der Waals surface area contributed by atoms with Gasteiger partial charge in [0.05, 0.1) is 15.6 Å². The molecule has 3 aromatic rings. The Labute approximate surface area is 198 Å². The van der Waals surface area contributed by atoms with E-state index in [1.54, 1.807) is 23.6 Å². The molecule has 0 aliphatic carbocycles. The second-order valence-electron chi connectivity index (χ2n) is 6.88. The van der Waals surface area contributed by atoms with E-state index in [1.807, 2.05) is 0 Å². The summed E-state index contributed by atoms with van der Waals surface area (Å²) in [7, 11) is -3.82. The number of nitrogens with one attached hydrogen (secondary N) is 1. The van der Waals surface area contributed by atoms with Gasteiger partial charge in [0.2, 0.25) is 15.9 Å². The first-order chi connectivity index (χ1) is 14.8. The molecule has 1 unspecified atom stereocenters. The summed E-state index contributed by atoms with van der Waals surface area (Å²) in [4.78, 5) is 17.4. The maximum absolute atomic E-state index is 13.0. The summed E-state index contributed by atoms with van der Waals surface area (Å²) >= 11 is 19.3. The fraction of sp³-hybridized carbons (Fsp3) is 0.200. The fourth-order valence-corrected chi connectivity index (χ4v) is 6.37. The third kappa shape index (κ3) is 4.74. The molecular weight excluding hydrogens is 501 g/mol. The van der Waals surface area contributed by atoms with E-state index in [2.05, 4.69) is 10.3 Å². The van der Waals surface area contributed by atoms with Crippen LogP contribution in [0.5, 0.6) is 0 Å². The van der Waals surface area contributed by atoms with Crippen molar-refractivity contribution in [1.82, 2.24) is 9.29 Å². The first kappa shape index (κ1) is 22.5. The number of halogens is 3. The zero-order valence-corrected chi connectivity index (χ0v) is 19.8. The number of thiazole rings is 1. The second kappa shape index (κ2) is 9.05. The van der Waals surface area contributed by atoms with Crippen molar-refractivity contribution in [3.63, 3.8) is 0 Å². The lowest BCUT2D eigenvalue weighted by Gasteiger charge is -2.23. The zero-order valence-electron chi connectivity index (χ0n) is 15.9. The van der Waals surface area contributed by atoms with Crippen molar-refractivity contribution in [3.05, 3.63) is 62.9 Å². The number of benzene rings is 2. The van der Waals surface area contributed by atoms with Crippen LogP contribution < -0.4 is 5.32 Å². The normalized spacial score (nSPS) is 17.1. The third-order valence-electron chi connectivity index (χ3n) is 4.87. The monoisotopic (exact) mass is 515 g/mol. The predicted molar refractivity (Wildman–Crippen MR) is 125 cm³/mol. The van der Waals surface area contributed by atoms with Crippen molar-refractivity contribution in [1.29, 1.82) is 0 Å². The molecule has 2 aromatic carbocycles. The van der Waals surface area contributed by atoms with Crippen molar-refractivity contribution in [2.24, 2.45) is 0 Å². The van der Waals surface area contributed by atoms with Crippen LogP contribution in [0.4, 0.5) is 5.13 Å². The Balaban J connectivity index is 1.52. The van der Waals surface area contributed by atoms with Gasteiger partial charge < -0.3 is 5.32 Å². The number of carbonyl (C=O) groups is 1. The molecule has 31 heavy (non-hydrogen) atoms. The minimum absolute atomic E-state index is 0.102. The Kier molecular flexibility index (Phi) is 6.57. The van der Waals surface area contributed by atoms with E-state index in [0.29, 0.717) is 44.3 Å². The van der Waals surface area contributed by atoms with Crippen molar-refractivity contribution in [2.75, 3.05) is 11.9 Å². The van der Waals surface area contributed by atoms with Crippen LogP contribution in [0.25, 0.3) is 11.3 Å². The van der Waals surface area contributed by atoms with Gasteiger partial charge in [0.25, 0.3) is 0 Å². The van der Waals surface area contributed by atoms with Crippen LogP contribution in [0, 0.1) is 0 Å². The predicted octanol–water partition coefficient (Wildman–Crippen LogP) is 5.56. The van der Waals surface area contributed by atoms with Gasteiger partial charge in [-0.05, 0) is 55.3 Å². The SMILES string of the molecule is O=C(Nc1nc(-c2ccc(Cl)cc2Cl)cs1)C1CCCN1S(=O)(=O)c1ccc(Cl)cc1. The van der Waals surface area contributed by atoms with Crippen LogP contribution in [0.1, 0.15) is 12.8 Å². The van der Waals surface area contributed by atoms with Gasteiger partial charge in [0, 0.05) is 27.5 Å². The molecule has 0 bridgehead atoms. The molecule has 162 valence electrons. The molecular formula is C20H16Cl3N3O3S2. The first-order valence-electron chi connectivity index (χ1n) is 9.25. The number of aromatic nitrogens is 1. The third-order valence-corrected chi connectivity index (χ3v) is 8.35. The van der Waals surface area contributed by atoms with Gasteiger partial charge in [0.1, 0.15) is 6.04 Å². The summed E-state index contributed by atoms with van der Waals surface area (Å²) in [6, 6.07) is 10.2. The number of carbonyl (C=O) groups excluding carboxylic acids is 1. The van der Waals surface area contributed by atoms with Crippen LogP contribution in [-0.4, -0.2) is 36.2 Å². The average Bonchev–Trinajstić information content (AvgIpc) is 3.38. The van der Waals surface area contributed by atoms with E-state index >= 15 is 0 Å². The molecule has 1 aromatic heterocycles. The second-order valence-corrected chi connectivity index (χ2v) is 10.9. The van der Waals surface area contributed by atoms with Gasteiger partial charge in [-0.25, -0.2) is 13.4 Å². The number of nitrogens with zero attached hydrogens (tertiary/aromatic N) is 2. The Morgan fingerprint density at radius 1 is 1.10 bits per heavy atom. The highest BCUT2D eigenvalue weighted by atomic mass is 35.5. The van der Waals surface area contributed by atoms with Gasteiger partial charge in [0.15, 0.2) is 5.13 Å². The molecule has 0 saturated carbocycles. The van der Waals surface area contributed by atoms with Gasteiger partial charge in [-0.15, -0.1) is 11.3 Å². The Hall–Kier alpha value is -1.68. The minimum Gasteiger partial charge on any atom is -0.301 e. The van der Waals surface area contributed by atoms with Gasteiger partial charge in [-0.2, -0.15) is 4.31 Å². The largest absolute Gasteiger partial charge is 0.301 e. The summed E-state index contributed by atoms with van der Waals surface area (Å²) < 4.78 is 27.3. The fourth-order valence-electron chi connectivity index (χ4n) is 3.37. The smallest absolute Gasteiger partial charge is 0.244 e. The zero-order chi connectivity index (χ0) is 22.2. The van der Waals surface area contributed by atoms with Crippen molar-refractivity contribution in [3.8, 4) is 11.3 Å². The molecule has 1 saturated heterocycles. The minimum atomic E-state index is -3.82. The maximum Gasteiger partial charge on any atom is 0.244 e. The molecule has 1 aliphatic heterocycles. The number of sulfonamides is 1. The summed E-state index contributed by atoms with van der Waals surface area (Å²) in [6.45, 7) is 0.270. The van der Waals surface area contributed by atoms with Gasteiger partial charge >= 0.3 is 0 Å². The summed E-state index contributed by atoms with van der Waals surface area (Å²) in [5, 5.41) is 6.27. The van der Waals surface area contributed by atoms with Crippen LogP contribution in [0.15, 0.2) is 52.7 Å². The molecule has 0 radical (unpaired) electrons. The van der Waals surface area contributed by atoms with Crippen molar-refractivity contribution >= 4 is 67.2 Å². The molecule has 1 amide bonds. The van der Waals surface area contributed by atoms with Gasteiger partial charge in [-0.3, -0.25) is 4.79 Å². The van der Waals surface area contributed by atoms with Gasteiger partial charge in [-0.1, -0.05) is 34.8 Å². The van der Waals surface area contributed by atoms with Crippen LogP contribution >= 0.6 is 46.1 Å². The van der Waals surface area contributed by atoms with E-state index in [0.717, 1.165) is 0 Å². The quantitative estimate of drug-likeness (QED) is 0.481. The Morgan fingerprint density at radius 3 is 2.52 bits per heavy atom. The highest BCUT2D eigenvalue weighted by Crippen LogP contribution is 2.33. The maximum atomic E-state index is 13.0. The van der Waals surface area contributed by atoms with Crippen molar-refractivity contribution in [2.45, 2.75) is 23.8 Å². The molecule has 1 aliphatic rings. The first-order valence-corrected chi connectivity index (χ1v) is 12.7. The van der Waals surface area contributed by atoms with Crippen LogP contribution in [-0.2, 0) is 14.8 Å². The number of anilines is 1. The lowest BCUT2D eigenvalue weighted by molar-refractivity contribution is -0.119. The number of hydrogen-bond donors (Lipinski definition) is 1. The molecule has 4 rings (SSSR count). The lowest BCUT2D eigenvalue weighted by Crippen LogP contribution is -2.43. The molecule has 11 heteroatoms. The molecule has 1 atom stereocenters. The molecule has 1 fully saturated rings. The van der Waals surface area contributed by atoms with E-state index in [1.165, 1.54) is 39.9 Å². The summed E-state index contributed by atoms with van der Waals surface area (Å²) in [5.74, 6) is -0.418. The molecule has 2 heterocycles. The lowest BCUT2D eigenvalue weighted by atomic mass is 10.2.